The van der Waals surface area contributed by atoms with Gasteiger partial charge in [0.1, 0.15) is 5.75 Å². The summed E-state index contributed by atoms with van der Waals surface area (Å²) in [5.41, 5.74) is 0.348. The minimum atomic E-state index is -4.02. The van der Waals surface area contributed by atoms with Crippen LogP contribution < -0.4 is 14.8 Å². The number of aromatic nitrogens is 2. The molecule has 0 radical (unpaired) electrons. The van der Waals surface area contributed by atoms with E-state index in [9.17, 15) is 23.1 Å². The molecule has 4 rings (SSSR count). The van der Waals surface area contributed by atoms with Crippen molar-refractivity contribution in [1.82, 2.24) is 24.7 Å². The normalized spacial score (nSPS) is 22.8. The zero-order chi connectivity index (χ0) is 34.1. The van der Waals surface area contributed by atoms with E-state index in [2.05, 4.69) is 15.0 Å². The van der Waals surface area contributed by atoms with Gasteiger partial charge in [0.05, 0.1) is 36.7 Å². The number of nitrogens with zero attached hydrogens (tertiary/aromatic N) is 4. The first kappa shape index (κ1) is 36.5. The predicted octanol–water partition coefficient (Wildman–Crippen LogP) is 3.99. The van der Waals surface area contributed by atoms with E-state index in [-0.39, 0.29) is 59.6 Å². The molecule has 13 nitrogen and oxygen atoms in total. The van der Waals surface area contributed by atoms with Crippen LogP contribution in [0, 0.1) is 5.92 Å². The Bertz CT molecular complexity index is 1440. The van der Waals surface area contributed by atoms with Crippen LogP contribution in [0.3, 0.4) is 0 Å². The van der Waals surface area contributed by atoms with Crippen molar-refractivity contribution in [2.24, 2.45) is 13.0 Å². The molecule has 47 heavy (non-hydrogen) atoms. The van der Waals surface area contributed by atoms with Crippen LogP contribution in [0.2, 0.25) is 0 Å². The van der Waals surface area contributed by atoms with E-state index >= 15 is 0 Å². The van der Waals surface area contributed by atoms with Gasteiger partial charge in [-0.05, 0) is 64.2 Å². The average molecular weight is 677 g/mol. The Morgan fingerprint density at radius 3 is 2.55 bits per heavy atom. The molecular weight excluding hydrogens is 624 g/mol. The number of ether oxygens (including phenoxy) is 2. The maximum absolute atomic E-state index is 14.3. The molecule has 14 heteroatoms. The number of aliphatic hydroxyl groups is 1. The topological polar surface area (TPSA) is 155 Å². The van der Waals surface area contributed by atoms with E-state index in [1.165, 1.54) is 29.6 Å². The summed E-state index contributed by atoms with van der Waals surface area (Å²) in [6.45, 7) is 6.44. The number of amides is 3. The van der Waals surface area contributed by atoms with Gasteiger partial charge in [-0.2, -0.15) is 8.42 Å². The molecular formula is C33H52N6O7S. The lowest BCUT2D eigenvalue weighted by molar-refractivity contribution is -0.0123. The Hall–Kier alpha value is -3.36. The number of carbonyl (C=O) groups is 2. The highest BCUT2D eigenvalue weighted by Gasteiger charge is 2.31. The van der Waals surface area contributed by atoms with Gasteiger partial charge in [0.15, 0.2) is 5.03 Å². The van der Waals surface area contributed by atoms with Crippen LogP contribution >= 0.6 is 0 Å². The number of hydrogen-bond donors (Lipinski definition) is 3. The zero-order valence-corrected chi connectivity index (χ0v) is 29.2. The molecule has 3 amide bonds. The number of urea groups is 1. The van der Waals surface area contributed by atoms with Gasteiger partial charge in [-0.1, -0.05) is 26.2 Å². The Morgan fingerprint density at radius 2 is 1.87 bits per heavy atom. The van der Waals surface area contributed by atoms with Gasteiger partial charge in [-0.3, -0.25) is 9.52 Å². The lowest BCUT2D eigenvalue weighted by atomic mass is 9.96. The molecule has 262 valence electrons. The number of nitrogens with one attached hydrogen (secondary N) is 2. The average Bonchev–Trinajstić information content (AvgIpc) is 3.50. The molecule has 0 spiro atoms. The number of hydrogen-bond acceptors (Lipinski definition) is 8. The molecule has 1 fully saturated rings. The molecule has 2 aromatic rings. The third-order valence-electron chi connectivity index (χ3n) is 8.99. The summed E-state index contributed by atoms with van der Waals surface area (Å²) in [6, 6.07) is 4.11. The number of sulfonamides is 1. The summed E-state index contributed by atoms with van der Waals surface area (Å²) in [5.74, 6) is -0.302. The molecule has 0 unspecified atom stereocenters. The highest BCUT2D eigenvalue weighted by atomic mass is 32.2. The summed E-state index contributed by atoms with van der Waals surface area (Å²) in [6.07, 6.45) is 9.95. The van der Waals surface area contributed by atoms with Gasteiger partial charge in [-0.25, -0.2) is 9.78 Å². The number of anilines is 1. The minimum absolute atomic E-state index is 0.135. The van der Waals surface area contributed by atoms with E-state index in [0.29, 0.717) is 25.3 Å². The second-order valence-corrected chi connectivity index (χ2v) is 14.8. The molecule has 0 bridgehead atoms. The Balaban J connectivity index is 1.60. The fourth-order valence-corrected chi connectivity index (χ4v) is 7.10. The number of rotatable bonds is 8. The molecule has 1 saturated carbocycles. The summed E-state index contributed by atoms with van der Waals surface area (Å²) in [4.78, 5) is 34.6. The van der Waals surface area contributed by atoms with E-state index < -0.39 is 22.0 Å². The fourth-order valence-electron chi connectivity index (χ4n) is 6.07. The van der Waals surface area contributed by atoms with Gasteiger partial charge in [0.25, 0.3) is 15.9 Å². The molecule has 1 aromatic carbocycles. The number of aliphatic hydroxyl groups excluding tert-OH is 1. The van der Waals surface area contributed by atoms with Gasteiger partial charge < -0.3 is 34.3 Å². The van der Waals surface area contributed by atoms with Crippen molar-refractivity contribution in [3.8, 4) is 5.75 Å². The third-order valence-corrected chi connectivity index (χ3v) is 10.3. The molecule has 3 N–H and O–H groups in total. The maximum Gasteiger partial charge on any atom is 0.317 e. The van der Waals surface area contributed by atoms with Gasteiger partial charge in [-0.15, -0.1) is 0 Å². The van der Waals surface area contributed by atoms with Gasteiger partial charge in [0, 0.05) is 57.6 Å². The van der Waals surface area contributed by atoms with Crippen LogP contribution in [0.5, 0.6) is 5.75 Å². The largest absolute Gasteiger partial charge is 0.490 e. The molecule has 1 aliphatic carbocycles. The molecule has 2 aliphatic rings. The van der Waals surface area contributed by atoms with E-state index in [1.807, 2.05) is 13.8 Å². The maximum atomic E-state index is 14.3. The second kappa shape index (κ2) is 16.6. The standard InChI is InChI=1S/C33H52N6O7S/c1-23-18-39(24(2)21-40)32(41)28-17-27(36-47(43,44)31-20-37(4)22-34-31)14-15-29(28)46-25(3)11-9-10-16-45-30(23)19-38(5)33(42)35-26-12-7-6-8-13-26/h14-15,17,20,22-26,30,36,40H,6-13,16,18-19,21H2,1-5H3,(H,35,42)/t23-,24-,25+,30+/m0/s1. The van der Waals surface area contributed by atoms with Crippen molar-refractivity contribution in [3.63, 3.8) is 0 Å². The van der Waals surface area contributed by atoms with E-state index in [4.69, 9.17) is 9.47 Å². The summed E-state index contributed by atoms with van der Waals surface area (Å²) < 4.78 is 42.8. The SMILES string of the molecule is C[C@@H]1CCCCO[C@H](CN(C)C(=O)NC2CCCCC2)[C@@H](C)CN([C@@H](C)CO)C(=O)c2cc(NS(=O)(=O)c3cn(C)cn3)ccc2O1. The number of imidazole rings is 1. The number of aryl methyl sites for hydroxylation is 1. The molecule has 1 aliphatic heterocycles. The van der Waals surface area contributed by atoms with E-state index in [0.717, 1.165) is 38.5 Å². The molecule has 2 heterocycles. The summed E-state index contributed by atoms with van der Waals surface area (Å²) in [7, 11) is -0.577. The molecule has 4 atom stereocenters. The molecule has 1 aromatic heterocycles. The van der Waals surface area contributed by atoms with Crippen LogP contribution in [-0.4, -0.2) is 102 Å². The lowest BCUT2D eigenvalue weighted by Gasteiger charge is -2.36. The minimum Gasteiger partial charge on any atom is -0.490 e. The van der Waals surface area contributed by atoms with Crippen molar-refractivity contribution in [2.75, 3.05) is 38.1 Å². The lowest BCUT2D eigenvalue weighted by Crippen LogP contribution is -2.50. The number of benzene rings is 1. The Labute approximate surface area is 279 Å². The van der Waals surface area contributed by atoms with Crippen LogP contribution in [0.4, 0.5) is 10.5 Å². The first-order valence-corrected chi connectivity index (χ1v) is 18.2. The first-order valence-electron chi connectivity index (χ1n) is 16.7. The summed E-state index contributed by atoms with van der Waals surface area (Å²) >= 11 is 0. The first-order chi connectivity index (χ1) is 22.4. The predicted molar refractivity (Wildman–Crippen MR) is 179 cm³/mol. The van der Waals surface area contributed by atoms with Crippen LogP contribution in [-0.2, 0) is 21.8 Å². The number of carbonyl (C=O) groups excluding carboxylic acids is 2. The number of fused-ring (bicyclic) bond motifs is 1. The quantitative estimate of drug-likeness (QED) is 0.379. The van der Waals surface area contributed by atoms with Crippen molar-refractivity contribution in [2.45, 2.75) is 101 Å². The second-order valence-electron chi connectivity index (χ2n) is 13.2. The zero-order valence-electron chi connectivity index (χ0n) is 28.4. The van der Waals surface area contributed by atoms with E-state index in [1.54, 1.807) is 43.0 Å². The van der Waals surface area contributed by atoms with Gasteiger partial charge in [0.2, 0.25) is 0 Å². The van der Waals surface area contributed by atoms with Crippen molar-refractivity contribution < 1.29 is 32.6 Å². The van der Waals surface area contributed by atoms with Crippen LogP contribution in [0.15, 0.2) is 35.7 Å². The van der Waals surface area contributed by atoms with Crippen molar-refractivity contribution in [1.29, 1.82) is 0 Å². The van der Waals surface area contributed by atoms with Crippen LogP contribution in [0.1, 0.15) is 82.5 Å². The van der Waals surface area contributed by atoms with Crippen molar-refractivity contribution in [3.05, 3.63) is 36.3 Å². The number of likely N-dealkylation sites (N-methyl/N-ethyl adjacent to an activating group) is 1. The third kappa shape index (κ3) is 10.1. The van der Waals surface area contributed by atoms with Gasteiger partial charge >= 0.3 is 6.03 Å². The Kier molecular flexibility index (Phi) is 12.9. The van der Waals surface area contributed by atoms with Crippen LogP contribution in [0.25, 0.3) is 0 Å². The highest BCUT2D eigenvalue weighted by molar-refractivity contribution is 7.92. The highest BCUT2D eigenvalue weighted by Crippen LogP contribution is 2.29. The Morgan fingerprint density at radius 1 is 1.15 bits per heavy atom. The molecule has 0 saturated heterocycles. The van der Waals surface area contributed by atoms with Crippen molar-refractivity contribution >= 4 is 27.6 Å². The fraction of sp³-hybridized carbons (Fsp3) is 0.667. The summed E-state index contributed by atoms with van der Waals surface area (Å²) in [5, 5.41) is 13.2. The smallest absolute Gasteiger partial charge is 0.317 e. The monoisotopic (exact) mass is 676 g/mol.